The van der Waals surface area contributed by atoms with Gasteiger partial charge in [0.15, 0.2) is 5.16 Å². The molecule has 1 atom stereocenters. The Labute approximate surface area is 75.2 Å². The van der Waals surface area contributed by atoms with E-state index in [-0.39, 0.29) is 12.6 Å². The molecule has 0 aromatic carbocycles. The van der Waals surface area contributed by atoms with Crippen molar-refractivity contribution in [2.45, 2.75) is 11.2 Å². The third-order valence-corrected chi connectivity index (χ3v) is 2.27. The smallest absolute Gasteiger partial charge is 0.187 e. The van der Waals surface area contributed by atoms with Crippen molar-refractivity contribution in [2.75, 3.05) is 12.4 Å². The Kier molecular flexibility index (Phi) is 3.99. The van der Waals surface area contributed by atoms with E-state index in [2.05, 4.69) is 9.97 Å². The summed E-state index contributed by atoms with van der Waals surface area (Å²) in [5.41, 5.74) is 5.49. The SMILES string of the molecule is NC(CO)CSc1ncccn1. The number of rotatable bonds is 4. The molecule has 1 aromatic heterocycles. The summed E-state index contributed by atoms with van der Waals surface area (Å²) in [6.07, 6.45) is 3.36. The van der Waals surface area contributed by atoms with Crippen molar-refractivity contribution < 1.29 is 5.11 Å². The average Bonchev–Trinajstić information content (AvgIpc) is 2.16. The number of thioether (sulfide) groups is 1. The molecular formula is C7H11N3OS. The number of aromatic nitrogens is 2. The van der Waals surface area contributed by atoms with Crippen molar-refractivity contribution >= 4 is 11.8 Å². The van der Waals surface area contributed by atoms with Crippen LogP contribution in [0.3, 0.4) is 0 Å². The van der Waals surface area contributed by atoms with Gasteiger partial charge in [-0.05, 0) is 6.07 Å². The predicted octanol–water partition coefficient (Wildman–Crippen LogP) is -0.112. The molecule has 0 aliphatic rings. The molecule has 0 spiro atoms. The summed E-state index contributed by atoms with van der Waals surface area (Å²) in [6, 6.07) is 1.56. The van der Waals surface area contributed by atoms with Gasteiger partial charge in [0, 0.05) is 24.2 Å². The second kappa shape index (κ2) is 5.08. The van der Waals surface area contributed by atoms with Crippen LogP contribution < -0.4 is 5.73 Å². The number of hydrogen-bond acceptors (Lipinski definition) is 5. The van der Waals surface area contributed by atoms with Crippen LogP contribution in [0.4, 0.5) is 0 Å². The lowest BCUT2D eigenvalue weighted by molar-refractivity contribution is 0.275. The molecule has 4 nitrogen and oxygen atoms in total. The largest absolute Gasteiger partial charge is 0.395 e. The van der Waals surface area contributed by atoms with Crippen LogP contribution >= 0.6 is 11.8 Å². The van der Waals surface area contributed by atoms with E-state index < -0.39 is 0 Å². The van der Waals surface area contributed by atoms with Gasteiger partial charge < -0.3 is 10.8 Å². The quantitative estimate of drug-likeness (QED) is 0.506. The first-order valence-corrected chi connectivity index (χ1v) is 4.57. The van der Waals surface area contributed by atoms with Crippen LogP contribution in [-0.2, 0) is 0 Å². The van der Waals surface area contributed by atoms with E-state index in [4.69, 9.17) is 10.8 Å². The third kappa shape index (κ3) is 3.17. The van der Waals surface area contributed by atoms with Crippen LogP contribution in [0.1, 0.15) is 0 Å². The minimum atomic E-state index is -0.196. The summed E-state index contributed by atoms with van der Waals surface area (Å²) in [7, 11) is 0. The monoisotopic (exact) mass is 185 g/mol. The summed E-state index contributed by atoms with van der Waals surface area (Å²) in [5.74, 6) is 0.639. The Hall–Kier alpha value is -0.650. The van der Waals surface area contributed by atoms with E-state index in [9.17, 15) is 0 Å². The van der Waals surface area contributed by atoms with Crippen LogP contribution in [-0.4, -0.2) is 33.5 Å². The molecule has 0 aliphatic heterocycles. The molecule has 0 saturated carbocycles. The minimum Gasteiger partial charge on any atom is -0.395 e. The molecular weight excluding hydrogens is 174 g/mol. The van der Waals surface area contributed by atoms with Crippen LogP contribution in [0.15, 0.2) is 23.6 Å². The molecule has 0 radical (unpaired) electrons. The Morgan fingerprint density at radius 3 is 2.75 bits per heavy atom. The number of aliphatic hydroxyl groups is 1. The zero-order chi connectivity index (χ0) is 8.81. The maximum Gasteiger partial charge on any atom is 0.187 e. The Bertz CT molecular complexity index is 219. The van der Waals surface area contributed by atoms with Crippen molar-refractivity contribution in [3.63, 3.8) is 0 Å². The van der Waals surface area contributed by atoms with Gasteiger partial charge in [-0.1, -0.05) is 11.8 Å². The molecule has 1 unspecified atom stereocenters. The van der Waals surface area contributed by atoms with Crippen molar-refractivity contribution in [1.29, 1.82) is 0 Å². The van der Waals surface area contributed by atoms with E-state index in [1.165, 1.54) is 11.8 Å². The van der Waals surface area contributed by atoms with Gasteiger partial charge in [-0.2, -0.15) is 0 Å². The van der Waals surface area contributed by atoms with Crippen LogP contribution in [0.5, 0.6) is 0 Å². The van der Waals surface area contributed by atoms with Gasteiger partial charge in [-0.3, -0.25) is 0 Å². The lowest BCUT2D eigenvalue weighted by atomic mass is 10.4. The highest BCUT2D eigenvalue weighted by Gasteiger charge is 2.02. The molecule has 0 aliphatic carbocycles. The lowest BCUT2D eigenvalue weighted by Gasteiger charge is -2.04. The number of aliphatic hydroxyl groups excluding tert-OH is 1. The fraction of sp³-hybridized carbons (Fsp3) is 0.429. The molecule has 0 fully saturated rings. The second-order valence-electron chi connectivity index (χ2n) is 2.29. The highest BCUT2D eigenvalue weighted by Crippen LogP contribution is 2.10. The van der Waals surface area contributed by atoms with Crippen molar-refractivity contribution in [1.82, 2.24) is 9.97 Å². The minimum absolute atomic E-state index is 0.000165. The van der Waals surface area contributed by atoms with Gasteiger partial charge in [0.1, 0.15) is 0 Å². The van der Waals surface area contributed by atoms with E-state index in [1.807, 2.05) is 0 Å². The number of hydrogen-bond donors (Lipinski definition) is 2. The van der Waals surface area contributed by atoms with Crippen molar-refractivity contribution in [3.8, 4) is 0 Å². The molecule has 1 heterocycles. The first kappa shape index (κ1) is 9.44. The zero-order valence-corrected chi connectivity index (χ0v) is 7.37. The van der Waals surface area contributed by atoms with Crippen LogP contribution in [0.2, 0.25) is 0 Å². The first-order chi connectivity index (χ1) is 5.83. The molecule has 1 aromatic rings. The van der Waals surface area contributed by atoms with Gasteiger partial charge >= 0.3 is 0 Å². The average molecular weight is 185 g/mol. The van der Waals surface area contributed by atoms with Gasteiger partial charge in [0.25, 0.3) is 0 Å². The molecule has 12 heavy (non-hydrogen) atoms. The van der Waals surface area contributed by atoms with Crippen molar-refractivity contribution in [3.05, 3.63) is 18.5 Å². The molecule has 66 valence electrons. The summed E-state index contributed by atoms with van der Waals surface area (Å²) in [4.78, 5) is 8.00. The van der Waals surface area contributed by atoms with E-state index in [0.29, 0.717) is 10.9 Å². The summed E-state index contributed by atoms with van der Waals surface area (Å²) in [5, 5.41) is 9.33. The van der Waals surface area contributed by atoms with Gasteiger partial charge in [-0.15, -0.1) is 0 Å². The highest BCUT2D eigenvalue weighted by atomic mass is 32.2. The maximum absolute atomic E-state index is 8.63. The second-order valence-corrected chi connectivity index (χ2v) is 3.27. The molecule has 3 N–H and O–H groups in total. The lowest BCUT2D eigenvalue weighted by Crippen LogP contribution is -2.26. The summed E-state index contributed by atoms with van der Waals surface area (Å²) >= 11 is 1.45. The first-order valence-electron chi connectivity index (χ1n) is 3.59. The Morgan fingerprint density at radius 1 is 1.50 bits per heavy atom. The normalized spacial score (nSPS) is 12.8. The molecule has 0 bridgehead atoms. The van der Waals surface area contributed by atoms with Crippen LogP contribution in [0, 0.1) is 0 Å². The summed E-state index contributed by atoms with van der Waals surface area (Å²) < 4.78 is 0. The Morgan fingerprint density at radius 2 is 2.17 bits per heavy atom. The highest BCUT2D eigenvalue weighted by molar-refractivity contribution is 7.99. The maximum atomic E-state index is 8.63. The molecule has 0 saturated heterocycles. The van der Waals surface area contributed by atoms with Gasteiger partial charge in [-0.25, -0.2) is 9.97 Å². The van der Waals surface area contributed by atoms with Crippen molar-refractivity contribution in [2.24, 2.45) is 5.73 Å². The number of nitrogens with zero attached hydrogens (tertiary/aromatic N) is 2. The number of nitrogens with two attached hydrogens (primary N) is 1. The molecule has 5 heteroatoms. The standard InChI is InChI=1S/C7H11N3OS/c8-6(4-11)5-12-7-9-2-1-3-10-7/h1-3,6,11H,4-5,8H2. The fourth-order valence-corrected chi connectivity index (χ4v) is 1.33. The van der Waals surface area contributed by atoms with E-state index >= 15 is 0 Å². The van der Waals surface area contributed by atoms with Crippen LogP contribution in [0.25, 0.3) is 0 Å². The molecule has 0 amide bonds. The third-order valence-electron chi connectivity index (χ3n) is 1.20. The van der Waals surface area contributed by atoms with E-state index in [1.54, 1.807) is 18.5 Å². The molecule has 1 rings (SSSR count). The van der Waals surface area contributed by atoms with Gasteiger partial charge in [0.05, 0.1) is 6.61 Å². The van der Waals surface area contributed by atoms with Gasteiger partial charge in [0.2, 0.25) is 0 Å². The fourth-order valence-electron chi connectivity index (χ4n) is 0.594. The topological polar surface area (TPSA) is 72.0 Å². The van der Waals surface area contributed by atoms with E-state index in [0.717, 1.165) is 0 Å². The zero-order valence-electron chi connectivity index (χ0n) is 6.55. The summed E-state index contributed by atoms with van der Waals surface area (Å²) in [6.45, 7) is -0.000165. The Balaban J connectivity index is 2.33. The predicted molar refractivity (Wildman–Crippen MR) is 47.8 cm³/mol.